The maximum absolute atomic E-state index is 13.8. The molecule has 6 rings (SSSR count). The summed E-state index contributed by atoms with van der Waals surface area (Å²) < 4.78 is 41.0. The number of aliphatic imine (C=N–C) groups is 1. The van der Waals surface area contributed by atoms with Crippen LogP contribution in [0.4, 0.5) is 15.9 Å². The highest BCUT2D eigenvalue weighted by Crippen LogP contribution is 2.46. The molecule has 3 fully saturated rings. The van der Waals surface area contributed by atoms with Gasteiger partial charge >= 0.3 is 0 Å². The lowest BCUT2D eigenvalue weighted by Crippen LogP contribution is -2.51. The Hall–Kier alpha value is -2.79. The van der Waals surface area contributed by atoms with Gasteiger partial charge < -0.3 is 19.8 Å². The minimum absolute atomic E-state index is 0.207. The summed E-state index contributed by atoms with van der Waals surface area (Å²) >= 11 is 0. The molecule has 8 nitrogen and oxygen atoms in total. The number of halogens is 1. The Bertz CT molecular complexity index is 1290. The standard InChI is InChI=1S/C30H36FN5O3S/c31-25-3-5-26(6-4-25)34-28-15-24-9-10-36(20-30(24,16-23(28)17-32)21-39-19-22-1-2-22)40(37)27-7-8-29(33-18-27)35-11-13-38-14-12-35/h3-8,15,17-18,22-23,32H,1-2,9-14,16,19-21H2. The number of hydrogen-bond donors (Lipinski definition) is 1. The van der Waals surface area contributed by atoms with Gasteiger partial charge in [0, 0.05) is 62.2 Å². The lowest BCUT2D eigenvalue weighted by Gasteiger charge is -2.47. The normalized spacial score (nSPS) is 27.2. The number of piperidine rings is 1. The second-order valence-electron chi connectivity index (χ2n) is 11.2. The van der Waals surface area contributed by atoms with Gasteiger partial charge in [-0.1, -0.05) is 5.57 Å². The minimum atomic E-state index is -1.36. The van der Waals surface area contributed by atoms with E-state index in [1.54, 1.807) is 18.3 Å². The van der Waals surface area contributed by atoms with E-state index in [9.17, 15) is 8.60 Å². The molecule has 212 valence electrons. The molecule has 2 aliphatic carbocycles. The Balaban J connectivity index is 1.24. The van der Waals surface area contributed by atoms with E-state index in [4.69, 9.17) is 19.9 Å². The molecule has 0 bridgehead atoms. The first kappa shape index (κ1) is 27.4. The second kappa shape index (κ2) is 12.0. The minimum Gasteiger partial charge on any atom is -0.380 e. The molecular formula is C30H36FN5O3S. The smallest absolute Gasteiger partial charge is 0.129 e. The highest BCUT2D eigenvalue weighted by Gasteiger charge is 2.46. The fourth-order valence-electron chi connectivity index (χ4n) is 5.83. The number of nitrogens with one attached hydrogen (secondary N) is 1. The number of hydrogen-bond acceptors (Lipinski definition) is 7. The molecule has 2 aromatic rings. The van der Waals surface area contributed by atoms with Gasteiger partial charge in [0.15, 0.2) is 0 Å². The van der Waals surface area contributed by atoms with Gasteiger partial charge in [0.1, 0.15) is 22.6 Å². The lowest BCUT2D eigenvalue weighted by molar-refractivity contribution is 0.0295. The summed E-state index contributed by atoms with van der Waals surface area (Å²) in [5.74, 6) is 1.02. The van der Waals surface area contributed by atoms with Crippen molar-refractivity contribution >= 4 is 34.4 Å². The Morgan fingerprint density at radius 2 is 1.98 bits per heavy atom. The zero-order chi connectivity index (χ0) is 27.5. The molecule has 40 heavy (non-hydrogen) atoms. The van der Waals surface area contributed by atoms with Gasteiger partial charge in [0.25, 0.3) is 0 Å². The first-order chi connectivity index (χ1) is 19.5. The first-order valence-electron chi connectivity index (χ1n) is 14.1. The van der Waals surface area contributed by atoms with Crippen LogP contribution in [0.15, 0.2) is 64.1 Å². The Morgan fingerprint density at radius 1 is 1.18 bits per heavy atom. The largest absolute Gasteiger partial charge is 0.380 e. The van der Waals surface area contributed by atoms with Crippen LogP contribution in [-0.4, -0.2) is 78.0 Å². The van der Waals surface area contributed by atoms with Crippen molar-refractivity contribution < 1.29 is 18.1 Å². The van der Waals surface area contributed by atoms with Crippen LogP contribution in [0, 0.1) is 28.5 Å². The van der Waals surface area contributed by atoms with E-state index in [2.05, 4.69) is 16.0 Å². The van der Waals surface area contributed by atoms with Gasteiger partial charge in [0.05, 0.1) is 30.4 Å². The number of ether oxygens (including phenoxy) is 2. The summed E-state index contributed by atoms with van der Waals surface area (Å²) in [4.78, 5) is 12.3. The molecule has 1 aromatic heterocycles. The van der Waals surface area contributed by atoms with Crippen molar-refractivity contribution in [3.05, 3.63) is 60.1 Å². The molecule has 1 aromatic carbocycles. The van der Waals surface area contributed by atoms with Crippen molar-refractivity contribution in [1.82, 2.24) is 9.29 Å². The van der Waals surface area contributed by atoms with Gasteiger partial charge in [-0.2, -0.15) is 0 Å². The third-order valence-corrected chi connectivity index (χ3v) is 9.74. The first-order valence-corrected chi connectivity index (χ1v) is 15.2. The molecule has 0 amide bonds. The van der Waals surface area contributed by atoms with E-state index in [-0.39, 0.29) is 17.2 Å². The van der Waals surface area contributed by atoms with Gasteiger partial charge in [-0.3, -0.25) is 4.99 Å². The highest BCUT2D eigenvalue weighted by molar-refractivity contribution is 7.82. The van der Waals surface area contributed by atoms with Gasteiger partial charge in [-0.05, 0) is 74.1 Å². The second-order valence-corrected chi connectivity index (χ2v) is 12.7. The van der Waals surface area contributed by atoms with Crippen molar-refractivity contribution in [3.8, 4) is 0 Å². The molecule has 1 N–H and O–H groups in total. The fraction of sp³-hybridized carbons (Fsp3) is 0.500. The van der Waals surface area contributed by atoms with Gasteiger partial charge in [0.2, 0.25) is 0 Å². The van der Waals surface area contributed by atoms with Crippen LogP contribution in [0.1, 0.15) is 25.7 Å². The summed E-state index contributed by atoms with van der Waals surface area (Å²) in [5, 5.41) is 8.22. The Morgan fingerprint density at radius 3 is 2.67 bits per heavy atom. The molecule has 0 spiro atoms. The molecule has 2 saturated heterocycles. The van der Waals surface area contributed by atoms with Crippen molar-refractivity contribution in [1.29, 1.82) is 5.41 Å². The number of nitrogens with zero attached hydrogens (tertiary/aromatic N) is 4. The van der Waals surface area contributed by atoms with Crippen LogP contribution in [-0.2, 0) is 20.5 Å². The van der Waals surface area contributed by atoms with Crippen LogP contribution >= 0.6 is 0 Å². The summed E-state index contributed by atoms with van der Waals surface area (Å²) in [6.07, 6.45) is 9.13. The number of benzene rings is 1. The van der Waals surface area contributed by atoms with Crippen LogP contribution in [0.5, 0.6) is 0 Å². The number of allylic oxidation sites excluding steroid dienone is 1. The van der Waals surface area contributed by atoms with Crippen LogP contribution < -0.4 is 4.90 Å². The summed E-state index contributed by atoms with van der Waals surface area (Å²) in [6.45, 7) is 5.50. The number of rotatable bonds is 9. The molecule has 3 atom stereocenters. The maximum atomic E-state index is 13.8. The third kappa shape index (κ3) is 6.10. The molecular weight excluding hydrogens is 529 g/mol. The third-order valence-electron chi connectivity index (χ3n) is 8.31. The van der Waals surface area contributed by atoms with E-state index in [0.29, 0.717) is 55.8 Å². The molecule has 4 aliphatic rings. The number of pyridine rings is 1. The fourth-order valence-corrected chi connectivity index (χ4v) is 7.08. The molecule has 3 heterocycles. The van der Waals surface area contributed by atoms with Crippen molar-refractivity contribution in [2.24, 2.45) is 22.2 Å². The predicted octanol–water partition coefficient (Wildman–Crippen LogP) is 4.57. The van der Waals surface area contributed by atoms with Crippen molar-refractivity contribution in [2.45, 2.75) is 30.6 Å². The number of fused-ring (bicyclic) bond motifs is 1. The predicted molar refractivity (Wildman–Crippen MR) is 154 cm³/mol. The molecule has 1 saturated carbocycles. The number of morpholine rings is 1. The summed E-state index contributed by atoms with van der Waals surface area (Å²) in [5.41, 5.74) is 2.36. The summed E-state index contributed by atoms with van der Waals surface area (Å²) in [7, 11) is -1.36. The zero-order valence-electron chi connectivity index (χ0n) is 22.6. The van der Waals surface area contributed by atoms with Crippen LogP contribution in [0.3, 0.4) is 0 Å². The number of aromatic nitrogens is 1. The molecule has 0 radical (unpaired) electrons. The summed E-state index contributed by atoms with van der Waals surface area (Å²) in [6, 6.07) is 10.00. The van der Waals surface area contributed by atoms with Crippen molar-refractivity contribution in [2.75, 3.05) is 57.5 Å². The zero-order valence-corrected chi connectivity index (χ0v) is 23.5. The average molecular weight is 566 g/mol. The maximum Gasteiger partial charge on any atom is 0.129 e. The van der Waals surface area contributed by atoms with E-state index in [1.165, 1.54) is 36.8 Å². The van der Waals surface area contributed by atoms with Crippen molar-refractivity contribution in [3.63, 3.8) is 0 Å². The van der Waals surface area contributed by atoms with E-state index in [0.717, 1.165) is 37.6 Å². The monoisotopic (exact) mass is 565 g/mol. The number of anilines is 1. The van der Waals surface area contributed by atoms with Gasteiger partial charge in [-0.15, -0.1) is 0 Å². The Kier molecular flexibility index (Phi) is 8.20. The topological polar surface area (TPSA) is 91.1 Å². The van der Waals surface area contributed by atoms with E-state index in [1.807, 2.05) is 16.4 Å². The average Bonchev–Trinajstić information content (AvgIpc) is 3.82. The van der Waals surface area contributed by atoms with Gasteiger partial charge in [-0.25, -0.2) is 17.9 Å². The highest BCUT2D eigenvalue weighted by atomic mass is 32.2. The lowest BCUT2D eigenvalue weighted by atomic mass is 9.66. The molecule has 3 unspecified atom stereocenters. The van der Waals surface area contributed by atoms with Crippen LogP contribution in [0.2, 0.25) is 0 Å². The quantitative estimate of drug-likeness (QED) is 0.450. The van der Waals surface area contributed by atoms with E-state index < -0.39 is 11.0 Å². The van der Waals surface area contributed by atoms with E-state index >= 15 is 0 Å². The SMILES string of the molecule is N=CC1CC2(COCC3CC3)CN(S(=O)c3ccc(N4CCOCC4)nc3)CCC2=CC1=Nc1ccc(F)cc1. The van der Waals surface area contributed by atoms with Crippen LogP contribution in [0.25, 0.3) is 0 Å². The molecule has 10 heteroatoms. The Labute approximate surface area is 237 Å². The molecule has 2 aliphatic heterocycles.